The first-order valence-electron chi connectivity index (χ1n) is 5.75. The van der Waals surface area contributed by atoms with Crippen LogP contribution in [0.4, 0.5) is 0 Å². The first kappa shape index (κ1) is 19.7. The summed E-state index contributed by atoms with van der Waals surface area (Å²) in [7, 11) is 16.6. The number of rotatable bonds is 2. The Morgan fingerprint density at radius 3 is 2.05 bits per heavy atom. The van der Waals surface area contributed by atoms with Gasteiger partial charge < -0.3 is 9.84 Å². The molecule has 1 aromatic carbocycles. The molecular formula is C13H20Cl3O2Zr. The summed E-state index contributed by atoms with van der Waals surface area (Å²) in [5, 5.41) is 10.1. The van der Waals surface area contributed by atoms with Crippen molar-refractivity contribution in [3.63, 3.8) is 0 Å². The van der Waals surface area contributed by atoms with Crippen molar-refractivity contribution in [2.24, 2.45) is 0 Å². The second-order valence-corrected chi connectivity index (χ2v) is 16.4. The number of hydrogen-bond acceptors (Lipinski definition) is 2. The summed E-state index contributed by atoms with van der Waals surface area (Å²) in [6.45, 7) is 8.78. The van der Waals surface area contributed by atoms with Gasteiger partial charge in [-0.15, -0.1) is 0 Å². The second-order valence-electron chi connectivity index (χ2n) is 5.22. The van der Waals surface area contributed by atoms with Crippen molar-refractivity contribution in [2.75, 3.05) is 7.11 Å². The maximum atomic E-state index is 10.1. The molecule has 6 heteroatoms. The van der Waals surface area contributed by atoms with Crippen LogP contribution >= 0.6 is 25.5 Å². The average molecular weight is 406 g/mol. The van der Waals surface area contributed by atoms with Gasteiger partial charge in [-0.2, -0.15) is 0 Å². The van der Waals surface area contributed by atoms with Crippen molar-refractivity contribution in [3.05, 3.63) is 28.8 Å². The Balaban J connectivity index is 0.000000711. The molecular weight excluding hydrogens is 386 g/mol. The predicted molar refractivity (Wildman–Crippen MR) is 79.8 cm³/mol. The molecule has 0 aliphatic heterocycles. The van der Waals surface area contributed by atoms with E-state index in [2.05, 4.69) is 20.8 Å². The number of hydrogen-bond donors (Lipinski definition) is 1. The fourth-order valence-corrected chi connectivity index (χ4v) is 1.69. The molecule has 0 aromatic heterocycles. The standard InChI is InChI=1S/C13H20O2.3ClH.Zr/c1-9-6-10(8-15-5)12(14)11(7-9)13(2,3)4;;;;/h6-7,14H,8H2,1-5H3;3*1H;/q;;;;+3/p-3. The minimum absolute atomic E-state index is 0.0431. The Morgan fingerprint density at radius 1 is 1.21 bits per heavy atom. The van der Waals surface area contributed by atoms with Gasteiger partial charge in [0, 0.05) is 12.7 Å². The van der Waals surface area contributed by atoms with Gasteiger partial charge in [0.2, 0.25) is 0 Å². The summed E-state index contributed by atoms with van der Waals surface area (Å²) in [6.07, 6.45) is 0. The summed E-state index contributed by atoms with van der Waals surface area (Å²) < 4.78 is 5.07. The Kier molecular flexibility index (Phi) is 9.24. The van der Waals surface area contributed by atoms with Gasteiger partial charge in [0.1, 0.15) is 5.75 Å². The number of halogens is 3. The molecule has 1 N–H and O–H groups in total. The van der Waals surface area contributed by atoms with E-state index in [-0.39, 0.29) is 5.41 Å². The third kappa shape index (κ3) is 7.92. The molecule has 0 fully saturated rings. The molecule has 0 spiro atoms. The first-order chi connectivity index (χ1) is 8.59. The zero-order valence-electron chi connectivity index (χ0n) is 11.9. The van der Waals surface area contributed by atoms with Crippen LogP contribution in [0.2, 0.25) is 0 Å². The van der Waals surface area contributed by atoms with Crippen molar-refractivity contribution in [2.45, 2.75) is 39.7 Å². The van der Waals surface area contributed by atoms with Crippen LogP contribution in [-0.4, -0.2) is 12.2 Å². The zero-order chi connectivity index (χ0) is 15.2. The van der Waals surface area contributed by atoms with Crippen molar-refractivity contribution < 1.29 is 28.0 Å². The van der Waals surface area contributed by atoms with Gasteiger partial charge in [-0.1, -0.05) is 38.5 Å². The Morgan fingerprint density at radius 2 is 1.68 bits per heavy atom. The van der Waals surface area contributed by atoms with Crippen molar-refractivity contribution in [1.82, 2.24) is 0 Å². The number of phenolic OH excluding ortho intramolecular Hbond substituents is 1. The fraction of sp³-hybridized carbons (Fsp3) is 0.538. The third-order valence-electron chi connectivity index (χ3n) is 2.44. The van der Waals surface area contributed by atoms with Crippen LogP contribution < -0.4 is 0 Å². The summed E-state index contributed by atoms with van der Waals surface area (Å²) in [6, 6.07) is 4.00. The topological polar surface area (TPSA) is 29.5 Å². The van der Waals surface area contributed by atoms with E-state index in [1.165, 1.54) is 0 Å². The monoisotopic (exact) mass is 403 g/mol. The van der Waals surface area contributed by atoms with Crippen LogP contribution in [0.25, 0.3) is 0 Å². The number of phenols is 1. The van der Waals surface area contributed by atoms with E-state index >= 15 is 0 Å². The molecule has 1 rings (SSSR count). The van der Waals surface area contributed by atoms with E-state index in [9.17, 15) is 5.11 Å². The molecule has 1 aromatic rings. The van der Waals surface area contributed by atoms with Crippen LogP contribution in [0.1, 0.15) is 37.5 Å². The molecule has 0 radical (unpaired) electrons. The average Bonchev–Trinajstić information content (AvgIpc) is 2.21. The van der Waals surface area contributed by atoms with Crippen LogP contribution in [0, 0.1) is 6.92 Å². The summed E-state index contributed by atoms with van der Waals surface area (Å²) in [4.78, 5) is 0. The number of methoxy groups -OCH3 is 1. The van der Waals surface area contributed by atoms with Gasteiger partial charge in [0.25, 0.3) is 0 Å². The maximum absolute atomic E-state index is 10.1. The van der Waals surface area contributed by atoms with E-state index in [0.717, 1.165) is 16.7 Å². The second kappa shape index (κ2) is 8.90. The molecule has 0 unspecified atom stereocenters. The molecule has 0 amide bonds. The predicted octanol–water partition coefficient (Wildman–Crippen LogP) is 5.21. The van der Waals surface area contributed by atoms with E-state index < -0.39 is 18.2 Å². The van der Waals surface area contributed by atoms with Gasteiger partial charge >= 0.3 is 43.7 Å². The molecule has 0 atom stereocenters. The van der Waals surface area contributed by atoms with Crippen LogP contribution in [0.15, 0.2) is 12.1 Å². The van der Waals surface area contributed by atoms with E-state index in [1.54, 1.807) is 7.11 Å². The molecule has 19 heavy (non-hydrogen) atoms. The van der Waals surface area contributed by atoms with E-state index in [4.69, 9.17) is 30.3 Å². The summed E-state index contributed by atoms with van der Waals surface area (Å²) in [5.74, 6) is 0.370. The summed E-state index contributed by atoms with van der Waals surface area (Å²) >= 11 is -2.13. The van der Waals surface area contributed by atoms with Crippen molar-refractivity contribution in [3.8, 4) is 5.75 Å². The molecule has 0 saturated carbocycles. The SMILES string of the molecule is COCc1cc(C)cc(C(C)(C)C)c1O.[Cl][Zr]([Cl])[Cl]. The van der Waals surface area contributed by atoms with Crippen molar-refractivity contribution >= 4 is 25.5 Å². The number of ether oxygens (including phenoxy) is 1. The Hall–Kier alpha value is 0.733. The normalized spacial score (nSPS) is 10.7. The summed E-state index contributed by atoms with van der Waals surface area (Å²) in [5.41, 5.74) is 2.96. The van der Waals surface area contributed by atoms with Gasteiger partial charge in [-0.05, 0) is 17.9 Å². The molecule has 0 aliphatic carbocycles. The number of aromatic hydroxyl groups is 1. The van der Waals surface area contributed by atoms with Gasteiger partial charge in [-0.25, -0.2) is 0 Å². The molecule has 0 bridgehead atoms. The van der Waals surface area contributed by atoms with Gasteiger partial charge in [-0.3, -0.25) is 0 Å². The Bertz CT molecular complexity index is 401. The number of aryl methyl sites for hydroxylation is 1. The van der Waals surface area contributed by atoms with Crippen LogP contribution in [-0.2, 0) is 34.9 Å². The fourth-order valence-electron chi connectivity index (χ4n) is 1.69. The quantitative estimate of drug-likeness (QED) is 0.731. The third-order valence-corrected chi connectivity index (χ3v) is 2.44. The molecule has 109 valence electrons. The molecule has 0 heterocycles. The Labute approximate surface area is 134 Å². The number of benzene rings is 1. The minimum atomic E-state index is -2.13. The zero-order valence-corrected chi connectivity index (χ0v) is 16.6. The van der Waals surface area contributed by atoms with Crippen LogP contribution in [0.3, 0.4) is 0 Å². The van der Waals surface area contributed by atoms with Gasteiger partial charge in [0.05, 0.1) is 6.61 Å². The van der Waals surface area contributed by atoms with Gasteiger partial charge in [0.15, 0.2) is 0 Å². The molecule has 0 aliphatic rings. The van der Waals surface area contributed by atoms with Crippen molar-refractivity contribution in [1.29, 1.82) is 0 Å². The van der Waals surface area contributed by atoms with Crippen LogP contribution in [0.5, 0.6) is 5.75 Å². The molecule has 0 saturated heterocycles. The molecule has 2 nitrogen and oxygen atoms in total. The first-order valence-corrected chi connectivity index (χ1v) is 15.2. The van der Waals surface area contributed by atoms with E-state index in [0.29, 0.717) is 12.4 Å². The van der Waals surface area contributed by atoms with E-state index in [1.807, 2.05) is 19.1 Å².